The van der Waals surface area contributed by atoms with Crippen molar-refractivity contribution in [2.24, 2.45) is 0 Å². The Morgan fingerprint density at radius 3 is 2.79 bits per heavy atom. The van der Waals surface area contributed by atoms with Crippen LogP contribution in [0.3, 0.4) is 0 Å². The average Bonchev–Trinajstić information content (AvgIpc) is 3.55. The lowest BCUT2D eigenvalue weighted by Gasteiger charge is -2.26. The Hall–Kier alpha value is -3.10. The molecule has 1 amide bonds. The standard InChI is InChI=1S/C26H25N3O3S2/c1-31-18-10-11-22(32-2)19(13-18)21-9-6-12-29(21)23(30)15-34-26-24-20(17-7-4-3-5-8-17)14-33-25(24)27-16-28-26/h3-5,7-8,10-11,13-14,16,21H,6,9,12,15H2,1-2H3/t21-/m1/s1. The molecule has 0 spiro atoms. The summed E-state index contributed by atoms with van der Waals surface area (Å²) in [4.78, 5) is 25.3. The van der Waals surface area contributed by atoms with Crippen LogP contribution in [-0.2, 0) is 4.79 Å². The van der Waals surface area contributed by atoms with Crippen LogP contribution in [0.15, 0.2) is 65.3 Å². The zero-order chi connectivity index (χ0) is 23.5. The fourth-order valence-electron chi connectivity index (χ4n) is 4.49. The van der Waals surface area contributed by atoms with Gasteiger partial charge in [-0.25, -0.2) is 9.97 Å². The fourth-order valence-corrected chi connectivity index (χ4v) is 6.37. The van der Waals surface area contributed by atoms with Gasteiger partial charge in [0.2, 0.25) is 5.91 Å². The summed E-state index contributed by atoms with van der Waals surface area (Å²) >= 11 is 3.08. The molecule has 3 heterocycles. The molecule has 5 rings (SSSR count). The third-order valence-electron chi connectivity index (χ3n) is 6.12. The van der Waals surface area contributed by atoms with Crippen molar-refractivity contribution >= 4 is 39.2 Å². The summed E-state index contributed by atoms with van der Waals surface area (Å²) in [6.07, 6.45) is 3.45. The van der Waals surface area contributed by atoms with Crippen molar-refractivity contribution < 1.29 is 14.3 Å². The number of thioether (sulfide) groups is 1. The van der Waals surface area contributed by atoms with E-state index in [1.165, 1.54) is 11.8 Å². The van der Waals surface area contributed by atoms with Gasteiger partial charge in [0.1, 0.15) is 27.7 Å². The number of benzene rings is 2. The maximum Gasteiger partial charge on any atom is 0.233 e. The normalized spacial score (nSPS) is 15.6. The number of thiophene rings is 1. The van der Waals surface area contributed by atoms with Gasteiger partial charge >= 0.3 is 0 Å². The molecule has 1 atom stereocenters. The first kappa shape index (κ1) is 22.7. The SMILES string of the molecule is COc1ccc(OC)c([C@H]2CCCN2C(=O)CSc2ncnc3scc(-c4ccccc4)c23)c1. The predicted molar refractivity (Wildman–Crippen MR) is 137 cm³/mol. The molecule has 0 aliphatic carbocycles. The first-order chi connectivity index (χ1) is 16.7. The number of fused-ring (bicyclic) bond motifs is 1. The lowest BCUT2D eigenvalue weighted by molar-refractivity contribution is -0.129. The summed E-state index contributed by atoms with van der Waals surface area (Å²) in [7, 11) is 3.31. The van der Waals surface area contributed by atoms with E-state index in [4.69, 9.17) is 9.47 Å². The van der Waals surface area contributed by atoms with Crippen LogP contribution in [0.4, 0.5) is 0 Å². The Morgan fingerprint density at radius 1 is 1.15 bits per heavy atom. The number of hydrogen-bond donors (Lipinski definition) is 0. The van der Waals surface area contributed by atoms with Gasteiger partial charge in [-0.1, -0.05) is 42.1 Å². The monoisotopic (exact) mass is 491 g/mol. The van der Waals surface area contributed by atoms with Gasteiger partial charge in [-0.05, 0) is 36.6 Å². The number of likely N-dealkylation sites (tertiary alicyclic amines) is 1. The largest absolute Gasteiger partial charge is 0.497 e. The topological polar surface area (TPSA) is 64.6 Å². The maximum absolute atomic E-state index is 13.4. The van der Waals surface area contributed by atoms with Crippen LogP contribution in [0.1, 0.15) is 24.4 Å². The van der Waals surface area contributed by atoms with E-state index >= 15 is 0 Å². The summed E-state index contributed by atoms with van der Waals surface area (Å²) in [6, 6.07) is 16.0. The minimum atomic E-state index is -0.0235. The number of rotatable bonds is 7. The summed E-state index contributed by atoms with van der Waals surface area (Å²) in [5.74, 6) is 1.96. The van der Waals surface area contributed by atoms with E-state index in [2.05, 4.69) is 27.5 Å². The molecule has 2 aromatic heterocycles. The van der Waals surface area contributed by atoms with Crippen LogP contribution in [-0.4, -0.2) is 47.3 Å². The highest BCUT2D eigenvalue weighted by Crippen LogP contribution is 2.41. The Bertz CT molecular complexity index is 1310. The number of methoxy groups -OCH3 is 2. The van der Waals surface area contributed by atoms with Crippen LogP contribution in [0, 0.1) is 0 Å². The number of nitrogens with zero attached hydrogens (tertiary/aromatic N) is 3. The van der Waals surface area contributed by atoms with Gasteiger partial charge in [0.15, 0.2) is 0 Å². The highest BCUT2D eigenvalue weighted by atomic mass is 32.2. The number of amides is 1. The van der Waals surface area contributed by atoms with E-state index in [0.29, 0.717) is 5.75 Å². The Balaban J connectivity index is 1.38. The third-order valence-corrected chi connectivity index (χ3v) is 7.98. The Labute approximate surface area is 206 Å². The minimum absolute atomic E-state index is 0.0235. The second-order valence-electron chi connectivity index (χ2n) is 8.02. The van der Waals surface area contributed by atoms with E-state index < -0.39 is 0 Å². The van der Waals surface area contributed by atoms with E-state index in [1.807, 2.05) is 41.3 Å². The smallest absolute Gasteiger partial charge is 0.233 e. The first-order valence-electron chi connectivity index (χ1n) is 11.1. The molecule has 0 bridgehead atoms. The van der Waals surface area contributed by atoms with E-state index in [-0.39, 0.29) is 11.9 Å². The molecule has 1 fully saturated rings. The van der Waals surface area contributed by atoms with Gasteiger partial charge in [-0.15, -0.1) is 11.3 Å². The van der Waals surface area contributed by atoms with E-state index in [0.717, 1.165) is 62.8 Å². The lowest BCUT2D eigenvalue weighted by Crippen LogP contribution is -2.32. The van der Waals surface area contributed by atoms with Crippen molar-refractivity contribution in [2.75, 3.05) is 26.5 Å². The summed E-state index contributed by atoms with van der Waals surface area (Å²) in [6.45, 7) is 0.733. The van der Waals surface area contributed by atoms with E-state index in [9.17, 15) is 4.79 Å². The number of aromatic nitrogens is 2. The predicted octanol–water partition coefficient (Wildman–Crippen LogP) is 5.83. The number of hydrogen-bond acceptors (Lipinski definition) is 7. The number of carbonyl (C=O) groups is 1. The van der Waals surface area contributed by atoms with Crippen LogP contribution in [0.25, 0.3) is 21.3 Å². The van der Waals surface area contributed by atoms with Crippen molar-refractivity contribution in [3.05, 3.63) is 65.8 Å². The van der Waals surface area contributed by atoms with Crippen molar-refractivity contribution in [2.45, 2.75) is 23.9 Å². The molecule has 0 saturated carbocycles. The first-order valence-corrected chi connectivity index (χ1v) is 13.0. The van der Waals surface area contributed by atoms with Crippen LogP contribution >= 0.6 is 23.1 Å². The molecule has 1 aliphatic rings. The molecule has 2 aromatic carbocycles. The van der Waals surface area contributed by atoms with Crippen molar-refractivity contribution in [3.63, 3.8) is 0 Å². The fraction of sp³-hybridized carbons (Fsp3) is 0.269. The molecule has 8 heteroatoms. The van der Waals surface area contributed by atoms with Gasteiger partial charge < -0.3 is 14.4 Å². The van der Waals surface area contributed by atoms with Gasteiger partial charge in [-0.3, -0.25) is 4.79 Å². The van der Waals surface area contributed by atoms with Gasteiger partial charge in [0, 0.05) is 23.1 Å². The molecule has 1 saturated heterocycles. The molecular formula is C26H25N3O3S2. The highest BCUT2D eigenvalue weighted by molar-refractivity contribution is 8.00. The molecule has 34 heavy (non-hydrogen) atoms. The number of ether oxygens (including phenoxy) is 2. The molecule has 1 aliphatic heterocycles. The van der Waals surface area contributed by atoms with Gasteiger partial charge in [-0.2, -0.15) is 0 Å². The Morgan fingerprint density at radius 2 is 2.00 bits per heavy atom. The Kier molecular flexibility index (Phi) is 6.69. The second kappa shape index (κ2) is 10.0. The second-order valence-corrected chi connectivity index (χ2v) is 9.84. The lowest BCUT2D eigenvalue weighted by atomic mass is 10.0. The molecule has 4 aromatic rings. The molecule has 0 unspecified atom stereocenters. The molecule has 6 nitrogen and oxygen atoms in total. The summed E-state index contributed by atoms with van der Waals surface area (Å²) < 4.78 is 11.0. The molecule has 174 valence electrons. The van der Waals surface area contributed by atoms with Gasteiger partial charge in [0.25, 0.3) is 0 Å². The molecular weight excluding hydrogens is 466 g/mol. The quantitative estimate of drug-likeness (QED) is 0.239. The zero-order valence-corrected chi connectivity index (χ0v) is 20.7. The zero-order valence-electron chi connectivity index (χ0n) is 19.1. The highest BCUT2D eigenvalue weighted by Gasteiger charge is 2.32. The molecule has 0 N–H and O–H groups in total. The van der Waals surface area contributed by atoms with Crippen molar-refractivity contribution in [3.8, 4) is 22.6 Å². The van der Waals surface area contributed by atoms with Gasteiger partial charge in [0.05, 0.1) is 31.4 Å². The average molecular weight is 492 g/mol. The minimum Gasteiger partial charge on any atom is -0.497 e. The number of carbonyl (C=O) groups excluding carboxylic acids is 1. The third kappa shape index (κ3) is 4.35. The maximum atomic E-state index is 13.4. The summed E-state index contributed by atoms with van der Waals surface area (Å²) in [5.41, 5.74) is 3.23. The van der Waals surface area contributed by atoms with Crippen molar-refractivity contribution in [1.29, 1.82) is 0 Å². The van der Waals surface area contributed by atoms with Crippen molar-refractivity contribution in [1.82, 2.24) is 14.9 Å². The van der Waals surface area contributed by atoms with Crippen LogP contribution in [0.2, 0.25) is 0 Å². The summed E-state index contributed by atoms with van der Waals surface area (Å²) in [5, 5.41) is 3.98. The van der Waals surface area contributed by atoms with Crippen LogP contribution < -0.4 is 9.47 Å². The van der Waals surface area contributed by atoms with E-state index in [1.54, 1.807) is 31.9 Å². The van der Waals surface area contributed by atoms with Crippen LogP contribution in [0.5, 0.6) is 11.5 Å². The molecule has 0 radical (unpaired) electrons.